The summed E-state index contributed by atoms with van der Waals surface area (Å²) in [7, 11) is 1.65. The van der Waals surface area contributed by atoms with Crippen LogP contribution in [0.25, 0.3) is 0 Å². The van der Waals surface area contributed by atoms with Gasteiger partial charge in [0, 0.05) is 44.6 Å². The maximum absolute atomic E-state index is 12.6. The van der Waals surface area contributed by atoms with Crippen molar-refractivity contribution in [1.82, 2.24) is 9.80 Å². The fraction of sp³-hybridized carbons (Fsp3) is 0.619. The Balaban J connectivity index is 1.35. The molecule has 3 heterocycles. The number of benzene rings is 1. The second kappa shape index (κ2) is 7.50. The summed E-state index contributed by atoms with van der Waals surface area (Å²) in [5, 5.41) is 0. The number of nitrogens with zero attached hydrogens (tertiary/aromatic N) is 2. The molecule has 0 aromatic heterocycles. The number of rotatable bonds is 4. The summed E-state index contributed by atoms with van der Waals surface area (Å²) in [5.74, 6) is 1.17. The summed E-state index contributed by atoms with van der Waals surface area (Å²) in [5.41, 5.74) is 1.11. The van der Waals surface area contributed by atoms with Gasteiger partial charge in [-0.05, 0) is 43.4 Å². The van der Waals surface area contributed by atoms with Crippen molar-refractivity contribution in [2.45, 2.75) is 44.8 Å². The van der Waals surface area contributed by atoms with Gasteiger partial charge in [-0.2, -0.15) is 0 Å². The van der Waals surface area contributed by atoms with Crippen LogP contribution < -0.4 is 4.74 Å². The van der Waals surface area contributed by atoms with E-state index in [4.69, 9.17) is 9.47 Å². The predicted octanol–water partition coefficient (Wildman–Crippen LogP) is 2.22. The van der Waals surface area contributed by atoms with Crippen molar-refractivity contribution < 1.29 is 19.1 Å². The lowest BCUT2D eigenvalue weighted by Crippen LogP contribution is -2.47. The number of carbonyl (C=O) groups is 2. The molecule has 0 unspecified atom stereocenters. The van der Waals surface area contributed by atoms with Crippen LogP contribution in [0.5, 0.6) is 5.75 Å². The molecule has 3 aliphatic rings. The molecular weight excluding hydrogens is 344 g/mol. The Hall–Kier alpha value is -2.08. The highest BCUT2D eigenvalue weighted by atomic mass is 16.5. The molecule has 6 heteroatoms. The lowest BCUT2D eigenvalue weighted by Gasteiger charge is -2.39. The number of hydrogen-bond acceptors (Lipinski definition) is 4. The Kier molecular flexibility index (Phi) is 5.08. The second-order valence-corrected chi connectivity index (χ2v) is 8.11. The number of methoxy groups -OCH3 is 1. The Morgan fingerprint density at radius 1 is 1.33 bits per heavy atom. The minimum absolute atomic E-state index is 0.0171. The molecule has 27 heavy (non-hydrogen) atoms. The first-order valence-corrected chi connectivity index (χ1v) is 9.90. The van der Waals surface area contributed by atoms with Gasteiger partial charge in [0.1, 0.15) is 11.9 Å². The van der Waals surface area contributed by atoms with Gasteiger partial charge in [-0.25, -0.2) is 0 Å². The second-order valence-electron chi connectivity index (χ2n) is 8.11. The van der Waals surface area contributed by atoms with Crippen LogP contribution in [0.4, 0.5) is 0 Å². The maximum Gasteiger partial charge on any atom is 0.251 e. The smallest absolute Gasteiger partial charge is 0.251 e. The van der Waals surface area contributed by atoms with Gasteiger partial charge in [0.05, 0.1) is 7.11 Å². The molecule has 0 saturated carbocycles. The van der Waals surface area contributed by atoms with Gasteiger partial charge in [-0.1, -0.05) is 12.1 Å². The number of ether oxygens (including phenoxy) is 2. The van der Waals surface area contributed by atoms with Gasteiger partial charge in [-0.3, -0.25) is 9.59 Å². The molecule has 3 fully saturated rings. The fourth-order valence-electron chi connectivity index (χ4n) is 4.63. The van der Waals surface area contributed by atoms with Crippen molar-refractivity contribution in [2.24, 2.45) is 5.41 Å². The fourth-order valence-corrected chi connectivity index (χ4v) is 4.63. The van der Waals surface area contributed by atoms with E-state index in [1.165, 1.54) is 0 Å². The van der Waals surface area contributed by atoms with E-state index in [0.29, 0.717) is 19.6 Å². The molecule has 1 atom stereocenters. The average molecular weight is 372 g/mol. The highest BCUT2D eigenvalue weighted by molar-refractivity contribution is 5.82. The van der Waals surface area contributed by atoms with Gasteiger partial charge in [-0.15, -0.1) is 0 Å². The summed E-state index contributed by atoms with van der Waals surface area (Å²) in [6, 6.07) is 7.89. The Morgan fingerprint density at radius 2 is 2.15 bits per heavy atom. The first-order valence-electron chi connectivity index (χ1n) is 9.90. The third kappa shape index (κ3) is 3.81. The Morgan fingerprint density at radius 3 is 2.85 bits per heavy atom. The number of likely N-dealkylation sites (tertiary alicyclic amines) is 2. The topological polar surface area (TPSA) is 59.1 Å². The summed E-state index contributed by atoms with van der Waals surface area (Å²) < 4.78 is 10.8. The normalized spacial score (nSPS) is 24.6. The summed E-state index contributed by atoms with van der Waals surface area (Å²) in [6.45, 7) is 3.57. The molecule has 0 N–H and O–H groups in total. The summed E-state index contributed by atoms with van der Waals surface area (Å²) >= 11 is 0. The van der Waals surface area contributed by atoms with Crippen LogP contribution in [0, 0.1) is 5.41 Å². The van der Waals surface area contributed by atoms with Gasteiger partial charge >= 0.3 is 0 Å². The zero-order valence-corrected chi connectivity index (χ0v) is 16.0. The lowest BCUT2D eigenvalue weighted by molar-refractivity contribution is -0.143. The van der Waals surface area contributed by atoms with E-state index in [2.05, 4.69) is 0 Å². The molecule has 1 spiro atoms. The zero-order chi connectivity index (χ0) is 18.9. The van der Waals surface area contributed by atoms with Crippen molar-refractivity contribution in [2.75, 3.05) is 33.4 Å². The van der Waals surface area contributed by atoms with E-state index in [0.717, 1.165) is 56.6 Å². The lowest BCUT2D eigenvalue weighted by atomic mass is 9.77. The van der Waals surface area contributed by atoms with E-state index in [1.807, 2.05) is 34.1 Å². The average Bonchev–Trinajstić information content (AvgIpc) is 3.31. The number of amides is 2. The number of carbonyl (C=O) groups excluding carboxylic acids is 2. The van der Waals surface area contributed by atoms with Gasteiger partial charge in [0.25, 0.3) is 5.91 Å². The van der Waals surface area contributed by atoms with Crippen molar-refractivity contribution in [3.63, 3.8) is 0 Å². The minimum atomic E-state index is -0.242. The predicted molar refractivity (Wildman–Crippen MR) is 100 cm³/mol. The maximum atomic E-state index is 12.6. The quantitative estimate of drug-likeness (QED) is 0.813. The highest BCUT2D eigenvalue weighted by Crippen LogP contribution is 2.41. The molecule has 146 valence electrons. The van der Waals surface area contributed by atoms with Crippen LogP contribution in [-0.2, 0) is 20.9 Å². The zero-order valence-electron chi connectivity index (χ0n) is 16.0. The molecule has 0 aliphatic carbocycles. The molecule has 6 nitrogen and oxygen atoms in total. The van der Waals surface area contributed by atoms with Gasteiger partial charge in [0.15, 0.2) is 0 Å². The Labute approximate surface area is 160 Å². The van der Waals surface area contributed by atoms with Crippen LogP contribution in [0.1, 0.15) is 37.7 Å². The van der Waals surface area contributed by atoms with Gasteiger partial charge in [0.2, 0.25) is 5.91 Å². The largest absolute Gasteiger partial charge is 0.497 e. The molecule has 4 rings (SSSR count). The molecule has 1 aromatic rings. The van der Waals surface area contributed by atoms with Crippen molar-refractivity contribution in [3.05, 3.63) is 29.8 Å². The molecule has 3 aliphatic heterocycles. The van der Waals surface area contributed by atoms with E-state index in [-0.39, 0.29) is 23.3 Å². The molecule has 1 aromatic carbocycles. The molecule has 0 bridgehead atoms. The van der Waals surface area contributed by atoms with Crippen LogP contribution in [0.2, 0.25) is 0 Å². The van der Waals surface area contributed by atoms with Gasteiger partial charge < -0.3 is 19.3 Å². The number of piperidine rings is 1. The van der Waals surface area contributed by atoms with E-state index in [1.54, 1.807) is 7.11 Å². The van der Waals surface area contributed by atoms with Crippen LogP contribution in [0.15, 0.2) is 24.3 Å². The van der Waals surface area contributed by atoms with Crippen LogP contribution in [-0.4, -0.2) is 61.1 Å². The van der Waals surface area contributed by atoms with Crippen LogP contribution >= 0.6 is 0 Å². The third-order valence-electron chi connectivity index (χ3n) is 6.25. The van der Waals surface area contributed by atoms with Crippen LogP contribution in [0.3, 0.4) is 0 Å². The molecule has 2 amide bonds. The van der Waals surface area contributed by atoms with E-state index >= 15 is 0 Å². The monoisotopic (exact) mass is 372 g/mol. The van der Waals surface area contributed by atoms with E-state index in [9.17, 15) is 9.59 Å². The third-order valence-corrected chi connectivity index (χ3v) is 6.25. The summed E-state index contributed by atoms with van der Waals surface area (Å²) in [6.07, 6.45) is 3.96. The first kappa shape index (κ1) is 18.3. The van der Waals surface area contributed by atoms with E-state index < -0.39 is 0 Å². The highest BCUT2D eigenvalue weighted by Gasteiger charge is 2.46. The van der Waals surface area contributed by atoms with Crippen molar-refractivity contribution in [1.29, 1.82) is 0 Å². The Bertz CT molecular complexity index is 706. The molecule has 0 radical (unpaired) electrons. The van der Waals surface area contributed by atoms with Crippen molar-refractivity contribution in [3.8, 4) is 5.75 Å². The minimum Gasteiger partial charge on any atom is -0.497 e. The summed E-state index contributed by atoms with van der Waals surface area (Å²) in [4.78, 5) is 29.1. The van der Waals surface area contributed by atoms with Crippen molar-refractivity contribution >= 4 is 11.8 Å². The first-order chi connectivity index (χ1) is 13.1. The number of hydrogen-bond donors (Lipinski definition) is 0. The SMILES string of the molecule is COc1cccc(CN2CC3(CCN(C(=O)[C@H]4CCCO4)CC3)CC2=O)c1. The standard InChI is InChI=1S/C21H28N2O4/c1-26-17-5-2-4-16(12-17)14-23-15-21(13-19(23)24)7-9-22(10-8-21)20(25)18-6-3-11-27-18/h2,4-5,12,18H,3,6-11,13-15H2,1H3/t18-/m1/s1. The molecule has 3 saturated heterocycles. The molecular formula is C21H28N2O4.